The summed E-state index contributed by atoms with van der Waals surface area (Å²) < 4.78 is 18.0. The fourth-order valence-corrected chi connectivity index (χ4v) is 5.53. The Kier molecular flexibility index (Phi) is 4.08. The second-order valence-electron chi connectivity index (χ2n) is 9.99. The summed E-state index contributed by atoms with van der Waals surface area (Å²) >= 11 is 0. The van der Waals surface area contributed by atoms with Crippen molar-refractivity contribution < 1.29 is 14.0 Å². The fourth-order valence-electron chi connectivity index (χ4n) is 5.53. The minimum Gasteiger partial charge on any atom is -0.399 e. The van der Waals surface area contributed by atoms with Gasteiger partial charge in [-0.25, -0.2) is 0 Å². The molecular formula is C22H32BNO3. The van der Waals surface area contributed by atoms with Crippen LogP contribution >= 0.6 is 0 Å². The van der Waals surface area contributed by atoms with Gasteiger partial charge in [-0.05, 0) is 76.4 Å². The molecule has 1 aromatic carbocycles. The molecule has 0 bridgehead atoms. The molecule has 1 aromatic rings. The molecule has 3 saturated heterocycles. The minimum absolute atomic E-state index is 0.274. The standard InChI is InChI=1S/C22H32BNO3/c1-20(2)21(3,4)27-23(26-20)18-7-5-16(6-8-18)22-13-17(22)14-24-19(22)15-9-11-25-12-10-15/h5-8,15,17,19,24H,9-14H2,1-4H3. The van der Waals surface area contributed by atoms with Crippen LogP contribution in [0.2, 0.25) is 0 Å². The number of hydrogen-bond acceptors (Lipinski definition) is 4. The lowest BCUT2D eigenvalue weighted by atomic mass is 9.75. The number of nitrogens with one attached hydrogen (secondary N) is 1. The summed E-state index contributed by atoms with van der Waals surface area (Å²) in [5, 5.41) is 3.85. The maximum absolute atomic E-state index is 6.22. The molecule has 1 saturated carbocycles. The number of benzene rings is 1. The van der Waals surface area contributed by atoms with E-state index in [4.69, 9.17) is 14.0 Å². The highest BCUT2D eigenvalue weighted by atomic mass is 16.7. The van der Waals surface area contributed by atoms with Crippen molar-refractivity contribution in [3.63, 3.8) is 0 Å². The molecule has 3 aliphatic heterocycles. The van der Waals surface area contributed by atoms with E-state index in [1.165, 1.54) is 31.4 Å². The minimum atomic E-state index is -0.292. The van der Waals surface area contributed by atoms with Crippen LogP contribution in [0.3, 0.4) is 0 Å². The van der Waals surface area contributed by atoms with Crippen molar-refractivity contribution in [3.05, 3.63) is 29.8 Å². The van der Waals surface area contributed by atoms with Gasteiger partial charge in [-0.2, -0.15) is 0 Å². The first-order chi connectivity index (χ1) is 12.8. The molecule has 4 nitrogen and oxygen atoms in total. The van der Waals surface area contributed by atoms with Crippen LogP contribution in [0.1, 0.15) is 52.5 Å². The zero-order valence-electron chi connectivity index (χ0n) is 17.1. The number of piperidine rings is 1. The molecule has 5 rings (SSSR count). The van der Waals surface area contributed by atoms with Crippen LogP contribution in [-0.4, -0.2) is 44.1 Å². The lowest BCUT2D eigenvalue weighted by Gasteiger charge is -2.34. The Hall–Kier alpha value is -0.875. The lowest BCUT2D eigenvalue weighted by molar-refractivity contribution is 0.00578. The molecule has 0 aromatic heterocycles. The van der Waals surface area contributed by atoms with E-state index in [0.29, 0.717) is 11.5 Å². The zero-order valence-corrected chi connectivity index (χ0v) is 17.1. The zero-order chi connectivity index (χ0) is 18.9. The van der Waals surface area contributed by atoms with Crippen molar-refractivity contribution >= 4 is 12.6 Å². The quantitative estimate of drug-likeness (QED) is 0.832. The molecule has 146 valence electrons. The molecular weight excluding hydrogens is 337 g/mol. The molecule has 1 aliphatic carbocycles. The van der Waals surface area contributed by atoms with Gasteiger partial charge in [0.1, 0.15) is 0 Å². The van der Waals surface area contributed by atoms with Crippen LogP contribution in [0, 0.1) is 11.8 Å². The smallest absolute Gasteiger partial charge is 0.399 e. The van der Waals surface area contributed by atoms with E-state index in [1.54, 1.807) is 0 Å². The highest BCUT2D eigenvalue weighted by molar-refractivity contribution is 6.62. The van der Waals surface area contributed by atoms with Gasteiger partial charge in [-0.3, -0.25) is 0 Å². The van der Waals surface area contributed by atoms with Gasteiger partial charge in [0, 0.05) is 24.7 Å². The molecule has 3 heterocycles. The highest BCUT2D eigenvalue weighted by Crippen LogP contribution is 2.61. The fraction of sp³-hybridized carbons (Fsp3) is 0.727. The number of hydrogen-bond donors (Lipinski definition) is 1. The second kappa shape index (κ2) is 6.06. The van der Waals surface area contributed by atoms with Crippen molar-refractivity contribution in [3.8, 4) is 0 Å². The van der Waals surface area contributed by atoms with Crippen LogP contribution in [0.4, 0.5) is 0 Å². The van der Waals surface area contributed by atoms with E-state index in [9.17, 15) is 0 Å². The third-order valence-electron chi connectivity index (χ3n) is 8.00. The van der Waals surface area contributed by atoms with Gasteiger partial charge in [-0.15, -0.1) is 0 Å². The van der Waals surface area contributed by atoms with Crippen molar-refractivity contribution in [1.82, 2.24) is 5.32 Å². The van der Waals surface area contributed by atoms with Crippen LogP contribution in [0.25, 0.3) is 0 Å². The Labute approximate surface area is 163 Å². The average Bonchev–Trinajstić information content (AvgIpc) is 3.18. The molecule has 5 heteroatoms. The predicted octanol–water partition coefficient (Wildman–Crippen LogP) is 2.64. The molecule has 3 unspecified atom stereocenters. The SMILES string of the molecule is CC1(C)OB(c2ccc(C34CC3CNC4C3CCOCC3)cc2)OC1(C)C. The second-order valence-corrected chi connectivity index (χ2v) is 9.99. The van der Waals surface area contributed by atoms with Gasteiger partial charge in [0.05, 0.1) is 11.2 Å². The van der Waals surface area contributed by atoms with Gasteiger partial charge in [0.2, 0.25) is 0 Å². The van der Waals surface area contributed by atoms with Crippen LogP contribution in [0.5, 0.6) is 0 Å². The van der Waals surface area contributed by atoms with Crippen molar-refractivity contribution in [1.29, 1.82) is 0 Å². The van der Waals surface area contributed by atoms with E-state index in [-0.39, 0.29) is 18.3 Å². The predicted molar refractivity (Wildman–Crippen MR) is 107 cm³/mol. The van der Waals surface area contributed by atoms with Crippen molar-refractivity contribution in [2.45, 2.75) is 69.6 Å². The number of rotatable bonds is 3. The molecule has 27 heavy (non-hydrogen) atoms. The highest BCUT2D eigenvalue weighted by Gasteiger charge is 2.65. The number of ether oxygens (including phenoxy) is 1. The van der Waals surface area contributed by atoms with E-state index < -0.39 is 0 Å². The Morgan fingerprint density at radius 3 is 2.19 bits per heavy atom. The van der Waals surface area contributed by atoms with Gasteiger partial charge in [0.15, 0.2) is 0 Å². The first kappa shape index (κ1) is 18.2. The number of fused-ring (bicyclic) bond motifs is 1. The molecule has 0 radical (unpaired) electrons. The molecule has 1 N–H and O–H groups in total. The molecule has 0 spiro atoms. The first-order valence-corrected chi connectivity index (χ1v) is 10.6. The Morgan fingerprint density at radius 1 is 0.963 bits per heavy atom. The summed E-state index contributed by atoms with van der Waals surface area (Å²) in [6.45, 7) is 11.4. The topological polar surface area (TPSA) is 39.7 Å². The van der Waals surface area contributed by atoms with Crippen molar-refractivity contribution in [2.75, 3.05) is 19.8 Å². The summed E-state index contributed by atoms with van der Waals surface area (Å²) in [5.74, 6) is 1.54. The molecule has 3 atom stereocenters. The summed E-state index contributed by atoms with van der Waals surface area (Å²) in [5.41, 5.74) is 2.38. The van der Waals surface area contributed by atoms with Gasteiger partial charge < -0.3 is 19.4 Å². The summed E-state index contributed by atoms with van der Waals surface area (Å²) in [6.07, 6.45) is 3.72. The monoisotopic (exact) mass is 369 g/mol. The normalized spacial score (nSPS) is 37.4. The average molecular weight is 369 g/mol. The maximum Gasteiger partial charge on any atom is 0.494 e. The summed E-state index contributed by atoms with van der Waals surface area (Å²) in [7, 11) is -0.274. The van der Waals surface area contributed by atoms with E-state index in [0.717, 1.165) is 30.5 Å². The Balaban J connectivity index is 1.36. The van der Waals surface area contributed by atoms with Crippen molar-refractivity contribution in [2.24, 2.45) is 11.8 Å². The van der Waals surface area contributed by atoms with E-state index in [2.05, 4.69) is 57.3 Å². The van der Waals surface area contributed by atoms with Crippen LogP contribution in [-0.2, 0) is 19.5 Å². The van der Waals surface area contributed by atoms with E-state index >= 15 is 0 Å². The maximum atomic E-state index is 6.22. The first-order valence-electron chi connectivity index (χ1n) is 10.6. The van der Waals surface area contributed by atoms with Gasteiger partial charge in [-0.1, -0.05) is 24.3 Å². The summed E-state index contributed by atoms with van der Waals surface area (Å²) in [6, 6.07) is 9.72. The third-order valence-corrected chi connectivity index (χ3v) is 8.00. The van der Waals surface area contributed by atoms with Crippen LogP contribution in [0.15, 0.2) is 24.3 Å². The lowest BCUT2D eigenvalue weighted by Crippen LogP contribution is -2.43. The third kappa shape index (κ3) is 2.73. The largest absolute Gasteiger partial charge is 0.494 e. The molecule has 4 fully saturated rings. The van der Waals surface area contributed by atoms with Gasteiger partial charge >= 0.3 is 7.12 Å². The van der Waals surface area contributed by atoms with Crippen LogP contribution < -0.4 is 10.8 Å². The molecule has 0 amide bonds. The van der Waals surface area contributed by atoms with Gasteiger partial charge in [0.25, 0.3) is 0 Å². The molecule has 4 aliphatic rings. The Morgan fingerprint density at radius 2 is 1.59 bits per heavy atom. The summed E-state index contributed by atoms with van der Waals surface area (Å²) in [4.78, 5) is 0. The van der Waals surface area contributed by atoms with E-state index in [1.807, 2.05) is 0 Å². The Bertz CT molecular complexity index is 697.